The second-order valence-electron chi connectivity index (χ2n) is 4.83. The number of hydrogen-bond acceptors (Lipinski definition) is 3. The third-order valence-corrected chi connectivity index (χ3v) is 3.91. The second kappa shape index (κ2) is 6.14. The Balaban J connectivity index is 1.94. The Morgan fingerprint density at radius 2 is 1.71 bits per heavy atom. The Kier molecular flexibility index (Phi) is 4.24. The van der Waals surface area contributed by atoms with Gasteiger partial charge < -0.3 is 14.6 Å². The van der Waals surface area contributed by atoms with Crippen molar-refractivity contribution in [2.24, 2.45) is 0 Å². The van der Waals surface area contributed by atoms with Crippen molar-refractivity contribution in [2.45, 2.75) is 12.5 Å². The Labute approximate surface area is 133 Å². The highest BCUT2D eigenvalue weighted by Crippen LogP contribution is 2.36. The Hall–Kier alpha value is -1.42. The van der Waals surface area contributed by atoms with Crippen molar-refractivity contribution in [1.29, 1.82) is 0 Å². The molecule has 1 aliphatic rings. The molecule has 1 aliphatic heterocycles. The predicted molar refractivity (Wildman–Crippen MR) is 82.6 cm³/mol. The lowest BCUT2D eigenvalue weighted by atomic mass is 10.0. The van der Waals surface area contributed by atoms with Crippen LogP contribution >= 0.6 is 23.2 Å². The predicted octanol–water partition coefficient (Wildman–Crippen LogP) is 4.24. The Morgan fingerprint density at radius 3 is 2.48 bits per heavy atom. The van der Waals surface area contributed by atoms with E-state index in [0.29, 0.717) is 45.9 Å². The smallest absolute Gasteiger partial charge is 0.161 e. The van der Waals surface area contributed by atoms with Gasteiger partial charge in [-0.15, -0.1) is 0 Å². The van der Waals surface area contributed by atoms with Gasteiger partial charge in [-0.3, -0.25) is 0 Å². The zero-order valence-corrected chi connectivity index (χ0v) is 12.7. The lowest BCUT2D eigenvalue weighted by Gasteiger charge is -2.15. The number of aliphatic hydroxyl groups is 1. The lowest BCUT2D eigenvalue weighted by molar-refractivity contribution is 0.219. The maximum Gasteiger partial charge on any atom is 0.161 e. The maximum atomic E-state index is 10.5. The molecule has 0 amide bonds. The lowest BCUT2D eigenvalue weighted by Crippen LogP contribution is -2.02. The van der Waals surface area contributed by atoms with Gasteiger partial charge in [0.1, 0.15) is 6.10 Å². The minimum absolute atomic E-state index is 0.433. The molecule has 0 bridgehead atoms. The molecule has 5 heteroatoms. The average molecular weight is 325 g/mol. The fourth-order valence-corrected chi connectivity index (χ4v) is 2.76. The van der Waals surface area contributed by atoms with Gasteiger partial charge in [0.25, 0.3) is 0 Å². The van der Waals surface area contributed by atoms with Crippen LogP contribution < -0.4 is 9.47 Å². The SMILES string of the molecule is OC(c1ccc2c(c1)OCCCO2)c1ccc(Cl)cc1Cl. The molecular formula is C16H14Cl2O3. The second-order valence-corrected chi connectivity index (χ2v) is 5.67. The molecule has 0 saturated heterocycles. The third-order valence-electron chi connectivity index (χ3n) is 3.34. The van der Waals surface area contributed by atoms with Crippen LogP contribution in [0.2, 0.25) is 10.0 Å². The molecule has 0 saturated carbocycles. The number of ether oxygens (including phenoxy) is 2. The summed E-state index contributed by atoms with van der Waals surface area (Å²) < 4.78 is 11.2. The molecule has 0 aliphatic carbocycles. The van der Waals surface area contributed by atoms with Crippen molar-refractivity contribution in [2.75, 3.05) is 13.2 Å². The van der Waals surface area contributed by atoms with E-state index < -0.39 is 6.10 Å². The van der Waals surface area contributed by atoms with E-state index in [1.54, 1.807) is 24.3 Å². The summed E-state index contributed by atoms with van der Waals surface area (Å²) in [4.78, 5) is 0. The van der Waals surface area contributed by atoms with Gasteiger partial charge in [0.2, 0.25) is 0 Å². The zero-order chi connectivity index (χ0) is 14.8. The van der Waals surface area contributed by atoms with Crippen molar-refractivity contribution in [1.82, 2.24) is 0 Å². The van der Waals surface area contributed by atoms with E-state index in [-0.39, 0.29) is 0 Å². The molecule has 110 valence electrons. The van der Waals surface area contributed by atoms with Gasteiger partial charge in [-0.1, -0.05) is 35.3 Å². The van der Waals surface area contributed by atoms with Gasteiger partial charge in [-0.2, -0.15) is 0 Å². The molecule has 0 radical (unpaired) electrons. The first-order valence-corrected chi connectivity index (χ1v) is 7.43. The topological polar surface area (TPSA) is 38.7 Å². The maximum absolute atomic E-state index is 10.5. The summed E-state index contributed by atoms with van der Waals surface area (Å²) in [6, 6.07) is 10.4. The van der Waals surface area contributed by atoms with Crippen molar-refractivity contribution in [3.8, 4) is 11.5 Å². The van der Waals surface area contributed by atoms with Crippen molar-refractivity contribution in [3.63, 3.8) is 0 Å². The number of aliphatic hydroxyl groups excluding tert-OH is 1. The first-order chi connectivity index (χ1) is 10.1. The number of fused-ring (bicyclic) bond motifs is 1. The van der Waals surface area contributed by atoms with Gasteiger partial charge in [0.15, 0.2) is 11.5 Å². The first-order valence-electron chi connectivity index (χ1n) is 6.68. The van der Waals surface area contributed by atoms with Gasteiger partial charge in [-0.25, -0.2) is 0 Å². The van der Waals surface area contributed by atoms with E-state index in [4.69, 9.17) is 32.7 Å². The molecule has 1 unspecified atom stereocenters. The number of halogens is 2. The molecular weight excluding hydrogens is 311 g/mol. The van der Waals surface area contributed by atoms with Crippen LogP contribution in [0.1, 0.15) is 23.7 Å². The molecule has 0 spiro atoms. The molecule has 1 N–H and O–H groups in total. The number of benzene rings is 2. The van der Waals surface area contributed by atoms with Gasteiger partial charge in [-0.05, 0) is 29.8 Å². The summed E-state index contributed by atoms with van der Waals surface area (Å²) in [5.41, 5.74) is 1.30. The summed E-state index contributed by atoms with van der Waals surface area (Å²) in [6.45, 7) is 1.24. The molecule has 0 fully saturated rings. The van der Waals surface area contributed by atoms with Crippen LogP contribution in [0.25, 0.3) is 0 Å². The molecule has 1 atom stereocenters. The van der Waals surface area contributed by atoms with Crippen LogP contribution in [0, 0.1) is 0 Å². The van der Waals surface area contributed by atoms with Gasteiger partial charge >= 0.3 is 0 Å². The van der Waals surface area contributed by atoms with Gasteiger partial charge in [0, 0.05) is 22.0 Å². The van der Waals surface area contributed by atoms with E-state index in [0.717, 1.165) is 6.42 Å². The Morgan fingerprint density at radius 1 is 0.952 bits per heavy atom. The largest absolute Gasteiger partial charge is 0.490 e. The third kappa shape index (κ3) is 3.10. The standard InChI is InChI=1S/C16H14Cl2O3/c17-11-3-4-12(13(18)9-11)16(19)10-2-5-14-15(8-10)21-7-1-6-20-14/h2-5,8-9,16,19H,1,6-7H2. The van der Waals surface area contributed by atoms with Crippen LogP contribution in [-0.2, 0) is 0 Å². The first kappa shape index (κ1) is 14.5. The van der Waals surface area contributed by atoms with E-state index in [1.165, 1.54) is 0 Å². The fourth-order valence-electron chi connectivity index (χ4n) is 2.25. The summed E-state index contributed by atoms with van der Waals surface area (Å²) in [6.07, 6.45) is 0.00202. The number of rotatable bonds is 2. The van der Waals surface area contributed by atoms with E-state index >= 15 is 0 Å². The minimum Gasteiger partial charge on any atom is -0.490 e. The van der Waals surface area contributed by atoms with Crippen LogP contribution in [-0.4, -0.2) is 18.3 Å². The summed E-state index contributed by atoms with van der Waals surface area (Å²) >= 11 is 12.0. The molecule has 2 aromatic rings. The highest BCUT2D eigenvalue weighted by Gasteiger charge is 2.18. The van der Waals surface area contributed by atoms with Crippen LogP contribution in [0.15, 0.2) is 36.4 Å². The van der Waals surface area contributed by atoms with Crippen molar-refractivity contribution in [3.05, 3.63) is 57.6 Å². The molecule has 21 heavy (non-hydrogen) atoms. The molecule has 3 nitrogen and oxygen atoms in total. The molecule has 3 rings (SSSR count). The Bertz CT molecular complexity index is 658. The summed E-state index contributed by atoms with van der Waals surface area (Å²) in [7, 11) is 0. The van der Waals surface area contributed by atoms with E-state index in [1.807, 2.05) is 12.1 Å². The quantitative estimate of drug-likeness (QED) is 0.898. The van der Waals surface area contributed by atoms with Crippen LogP contribution in [0.4, 0.5) is 0 Å². The fraction of sp³-hybridized carbons (Fsp3) is 0.250. The monoisotopic (exact) mass is 324 g/mol. The normalized spacial score (nSPS) is 15.4. The van der Waals surface area contributed by atoms with Crippen molar-refractivity contribution >= 4 is 23.2 Å². The highest BCUT2D eigenvalue weighted by atomic mass is 35.5. The molecule has 1 heterocycles. The van der Waals surface area contributed by atoms with Crippen molar-refractivity contribution < 1.29 is 14.6 Å². The molecule has 2 aromatic carbocycles. The average Bonchev–Trinajstić information content (AvgIpc) is 2.71. The highest BCUT2D eigenvalue weighted by molar-refractivity contribution is 6.35. The van der Waals surface area contributed by atoms with Gasteiger partial charge in [0.05, 0.1) is 13.2 Å². The molecule has 0 aromatic heterocycles. The van der Waals surface area contributed by atoms with E-state index in [9.17, 15) is 5.11 Å². The summed E-state index contributed by atoms with van der Waals surface area (Å²) in [5.74, 6) is 1.35. The van der Waals surface area contributed by atoms with Crippen LogP contribution in [0.3, 0.4) is 0 Å². The summed E-state index contributed by atoms with van der Waals surface area (Å²) in [5, 5.41) is 11.5. The number of hydrogen-bond donors (Lipinski definition) is 1. The van der Waals surface area contributed by atoms with E-state index in [2.05, 4.69) is 0 Å². The van der Waals surface area contributed by atoms with Crippen LogP contribution in [0.5, 0.6) is 11.5 Å². The zero-order valence-electron chi connectivity index (χ0n) is 11.2. The minimum atomic E-state index is -0.841.